The number of carbonyl (C=O) groups excluding carboxylic acids is 2. The summed E-state index contributed by atoms with van der Waals surface area (Å²) in [7, 11) is 0. The van der Waals surface area contributed by atoms with Crippen molar-refractivity contribution in [2.45, 2.75) is 70.5 Å². The monoisotopic (exact) mass is 421 g/mol. The summed E-state index contributed by atoms with van der Waals surface area (Å²) >= 11 is 0. The molecular weight excluding hydrogens is 386 g/mol. The number of nitrogens with one attached hydrogen (secondary N) is 1. The predicted molar refractivity (Wildman–Crippen MR) is 111 cm³/mol. The maximum absolute atomic E-state index is 12.4. The van der Waals surface area contributed by atoms with Gasteiger partial charge in [-0.3, -0.25) is 15.0 Å². The number of hydrogen-bond acceptors (Lipinski definition) is 6. The van der Waals surface area contributed by atoms with Crippen LogP contribution in [0.25, 0.3) is 0 Å². The molecule has 168 valence electrons. The Balaban J connectivity index is 0.000000589. The standard InChI is InChI=1S/C21H30O5.CH5N3/c1-19-7-5-13(23)9-12(19)3-4-14-15-6-8-21(26,17(25)11-22)20(15,2)10-16(24)18(14)19;2-1(3)4/h9,14-16,18,22,24,26H,3-8,10-11H2,1-2H3;(H5,2,3,4)/t14-,15-,16-,18+,19-,20-,21-;/m0./s1. The van der Waals surface area contributed by atoms with Gasteiger partial charge in [-0.05, 0) is 67.8 Å². The van der Waals surface area contributed by atoms with Gasteiger partial charge >= 0.3 is 0 Å². The number of rotatable bonds is 2. The fraction of sp³-hybridized carbons (Fsp3) is 0.773. The first-order chi connectivity index (χ1) is 13.9. The molecule has 0 saturated heterocycles. The average molecular weight is 422 g/mol. The van der Waals surface area contributed by atoms with Crippen molar-refractivity contribution >= 4 is 17.5 Å². The summed E-state index contributed by atoms with van der Waals surface area (Å²) in [5.74, 6) is -0.193. The number of aliphatic hydroxyl groups is 3. The number of ketones is 2. The van der Waals surface area contributed by atoms with Crippen molar-refractivity contribution in [1.82, 2.24) is 0 Å². The lowest BCUT2D eigenvalue weighted by Gasteiger charge is -2.60. The third-order valence-electron chi connectivity index (χ3n) is 8.65. The van der Waals surface area contributed by atoms with Gasteiger partial charge in [-0.15, -0.1) is 0 Å². The third-order valence-corrected chi connectivity index (χ3v) is 8.65. The molecule has 0 spiro atoms. The predicted octanol–water partition coefficient (Wildman–Crippen LogP) is 0.620. The highest BCUT2D eigenvalue weighted by Crippen LogP contribution is 2.67. The smallest absolute Gasteiger partial charge is 0.190 e. The molecule has 0 radical (unpaired) electrons. The van der Waals surface area contributed by atoms with Crippen molar-refractivity contribution in [2.75, 3.05) is 6.61 Å². The zero-order chi connectivity index (χ0) is 22.5. The molecule has 7 atom stereocenters. The summed E-state index contributed by atoms with van der Waals surface area (Å²) in [5, 5.41) is 37.8. The van der Waals surface area contributed by atoms with Crippen LogP contribution in [0.4, 0.5) is 0 Å². The Bertz CT molecular complexity index is 779. The van der Waals surface area contributed by atoms with Crippen molar-refractivity contribution < 1.29 is 24.9 Å². The molecule has 0 amide bonds. The number of aliphatic hydroxyl groups excluding tert-OH is 2. The Labute approximate surface area is 177 Å². The van der Waals surface area contributed by atoms with E-state index in [0.717, 1.165) is 25.7 Å². The third kappa shape index (κ3) is 3.29. The lowest BCUT2D eigenvalue weighted by molar-refractivity contribution is -0.182. The molecule has 4 aliphatic carbocycles. The Kier molecular flexibility index (Phi) is 5.90. The second-order valence-electron chi connectivity index (χ2n) is 10.0. The van der Waals surface area contributed by atoms with Crippen molar-refractivity contribution in [3.8, 4) is 0 Å². The van der Waals surface area contributed by atoms with E-state index in [0.29, 0.717) is 19.3 Å². The number of allylic oxidation sites excluding steroid dienone is 1. The van der Waals surface area contributed by atoms with Gasteiger partial charge in [-0.1, -0.05) is 19.4 Å². The first-order valence-electron chi connectivity index (χ1n) is 10.8. The molecule has 3 saturated carbocycles. The molecule has 0 aromatic rings. The molecule has 8 heteroatoms. The van der Waals surface area contributed by atoms with Crippen LogP contribution in [-0.2, 0) is 9.59 Å². The van der Waals surface area contributed by atoms with Crippen LogP contribution in [0, 0.1) is 34.0 Å². The van der Waals surface area contributed by atoms with Crippen LogP contribution in [0.15, 0.2) is 11.6 Å². The Morgan fingerprint density at radius 3 is 2.47 bits per heavy atom. The van der Waals surface area contributed by atoms with Crippen molar-refractivity contribution in [3.63, 3.8) is 0 Å². The van der Waals surface area contributed by atoms with E-state index in [4.69, 9.17) is 5.41 Å². The van der Waals surface area contributed by atoms with Crippen molar-refractivity contribution in [1.29, 1.82) is 5.41 Å². The topological polar surface area (TPSA) is 171 Å². The zero-order valence-corrected chi connectivity index (χ0v) is 17.9. The van der Waals surface area contributed by atoms with Gasteiger partial charge < -0.3 is 26.8 Å². The number of Topliss-reactive ketones (excluding diaryl/α,β-unsaturated/α-hetero) is 1. The lowest BCUT2D eigenvalue weighted by atomic mass is 9.45. The zero-order valence-electron chi connectivity index (χ0n) is 17.9. The van der Waals surface area contributed by atoms with E-state index in [9.17, 15) is 24.9 Å². The summed E-state index contributed by atoms with van der Waals surface area (Å²) in [6.45, 7) is 3.46. The quantitative estimate of drug-likeness (QED) is 0.280. The minimum Gasteiger partial charge on any atom is -0.393 e. The number of nitrogens with two attached hydrogens (primary N) is 2. The molecule has 3 fully saturated rings. The van der Waals surface area contributed by atoms with Gasteiger partial charge in [-0.25, -0.2) is 0 Å². The maximum Gasteiger partial charge on any atom is 0.190 e. The lowest BCUT2D eigenvalue weighted by Crippen LogP contribution is -2.62. The highest BCUT2D eigenvalue weighted by atomic mass is 16.3. The second-order valence-corrected chi connectivity index (χ2v) is 10.0. The van der Waals surface area contributed by atoms with Crippen LogP contribution < -0.4 is 11.5 Å². The summed E-state index contributed by atoms with van der Waals surface area (Å²) < 4.78 is 0. The van der Waals surface area contributed by atoms with E-state index >= 15 is 0 Å². The van der Waals surface area contributed by atoms with E-state index in [2.05, 4.69) is 18.4 Å². The normalized spacial score (nSPS) is 44.6. The van der Waals surface area contributed by atoms with Gasteiger partial charge in [-0.2, -0.15) is 0 Å². The van der Waals surface area contributed by atoms with E-state index in [1.165, 1.54) is 5.57 Å². The second kappa shape index (κ2) is 7.73. The molecule has 0 bridgehead atoms. The number of hydrogen-bond donors (Lipinski definition) is 6. The maximum atomic E-state index is 12.4. The number of carbonyl (C=O) groups is 2. The molecule has 8 nitrogen and oxygen atoms in total. The van der Waals surface area contributed by atoms with E-state index in [1.54, 1.807) is 6.08 Å². The van der Waals surface area contributed by atoms with E-state index in [-0.39, 0.29) is 34.9 Å². The van der Waals surface area contributed by atoms with Crippen LogP contribution in [0.3, 0.4) is 0 Å². The highest BCUT2D eigenvalue weighted by molar-refractivity contribution is 5.91. The molecule has 0 heterocycles. The van der Waals surface area contributed by atoms with Crippen LogP contribution >= 0.6 is 0 Å². The van der Waals surface area contributed by atoms with Gasteiger partial charge in [0.2, 0.25) is 0 Å². The van der Waals surface area contributed by atoms with Crippen LogP contribution in [0.5, 0.6) is 0 Å². The van der Waals surface area contributed by atoms with Crippen LogP contribution in [0.2, 0.25) is 0 Å². The molecule has 0 aromatic heterocycles. The van der Waals surface area contributed by atoms with Gasteiger partial charge in [0, 0.05) is 11.8 Å². The summed E-state index contributed by atoms with van der Waals surface area (Å²) in [4.78, 5) is 24.3. The number of fused-ring (bicyclic) bond motifs is 5. The Morgan fingerprint density at radius 1 is 1.23 bits per heavy atom. The van der Waals surface area contributed by atoms with Gasteiger partial charge in [0.1, 0.15) is 12.2 Å². The molecule has 0 aliphatic heterocycles. The van der Waals surface area contributed by atoms with Gasteiger partial charge in [0.05, 0.1) is 6.10 Å². The molecular formula is C22H35N3O5. The largest absolute Gasteiger partial charge is 0.393 e. The summed E-state index contributed by atoms with van der Waals surface area (Å²) in [6.07, 6.45) is 5.74. The fourth-order valence-corrected chi connectivity index (χ4v) is 7.28. The van der Waals surface area contributed by atoms with Gasteiger partial charge in [0.25, 0.3) is 0 Å². The average Bonchev–Trinajstić information content (AvgIpc) is 2.92. The first kappa shape index (κ1) is 22.9. The van der Waals surface area contributed by atoms with Crippen LogP contribution in [-0.4, -0.2) is 51.2 Å². The molecule has 30 heavy (non-hydrogen) atoms. The molecule has 8 N–H and O–H groups in total. The highest BCUT2D eigenvalue weighted by Gasteiger charge is 2.68. The van der Waals surface area contributed by atoms with E-state index in [1.807, 2.05) is 6.92 Å². The molecule has 0 unspecified atom stereocenters. The van der Waals surface area contributed by atoms with Crippen LogP contribution in [0.1, 0.15) is 58.8 Å². The first-order valence-corrected chi connectivity index (χ1v) is 10.8. The summed E-state index contributed by atoms with van der Waals surface area (Å²) in [5.41, 5.74) is 7.71. The SMILES string of the molecule is C[C@]12CCC(=O)C=C1CC[C@@H]1[C@@H]2[C@@H](O)C[C@@]2(C)[C@H]1CC[C@]2(O)C(=O)CO.N=C(N)N. The van der Waals surface area contributed by atoms with Crippen molar-refractivity contribution in [3.05, 3.63) is 11.6 Å². The molecule has 0 aromatic carbocycles. The Hall–Kier alpha value is -1.77. The molecule has 4 rings (SSSR count). The molecule has 4 aliphatic rings. The van der Waals surface area contributed by atoms with Crippen molar-refractivity contribution in [2.24, 2.45) is 40.1 Å². The van der Waals surface area contributed by atoms with E-state index < -0.39 is 29.5 Å². The minimum atomic E-state index is -1.54. The fourth-order valence-electron chi connectivity index (χ4n) is 7.28. The Morgan fingerprint density at radius 2 is 1.87 bits per heavy atom. The van der Waals surface area contributed by atoms with Gasteiger partial charge in [0.15, 0.2) is 17.5 Å². The number of guanidine groups is 1. The minimum absolute atomic E-state index is 0.0697. The summed E-state index contributed by atoms with van der Waals surface area (Å²) in [6, 6.07) is 0.